The van der Waals surface area contributed by atoms with E-state index < -0.39 is 0 Å². The summed E-state index contributed by atoms with van der Waals surface area (Å²) < 4.78 is 5.52. The highest BCUT2D eigenvalue weighted by Gasteiger charge is 2.30. The SMILES string of the molecule is CC1CN(Cc2ccccn2)CCC1NC(=O)C1CNCCO1. The van der Waals surface area contributed by atoms with Crippen LogP contribution in [0, 0.1) is 5.92 Å². The number of aromatic nitrogens is 1. The predicted octanol–water partition coefficient (Wildman–Crippen LogP) is 0.397. The van der Waals surface area contributed by atoms with Crippen LogP contribution in [0.15, 0.2) is 24.4 Å². The van der Waals surface area contributed by atoms with Gasteiger partial charge in [-0.3, -0.25) is 14.7 Å². The minimum atomic E-state index is -0.345. The number of carbonyl (C=O) groups is 1. The van der Waals surface area contributed by atoms with Crippen molar-refractivity contribution in [3.8, 4) is 0 Å². The normalized spacial score (nSPS) is 29.2. The van der Waals surface area contributed by atoms with Crippen molar-refractivity contribution in [1.29, 1.82) is 0 Å². The molecule has 1 aromatic heterocycles. The Hall–Kier alpha value is -1.50. The van der Waals surface area contributed by atoms with E-state index in [0.717, 1.165) is 38.3 Å². The second kappa shape index (κ2) is 7.86. The Labute approximate surface area is 137 Å². The fraction of sp³-hybridized carbons (Fsp3) is 0.647. The first kappa shape index (κ1) is 16.4. The van der Waals surface area contributed by atoms with Gasteiger partial charge in [0.1, 0.15) is 6.10 Å². The Bertz CT molecular complexity index is 505. The predicted molar refractivity (Wildman–Crippen MR) is 87.8 cm³/mol. The van der Waals surface area contributed by atoms with Gasteiger partial charge in [-0.05, 0) is 24.5 Å². The second-order valence-corrected chi connectivity index (χ2v) is 6.50. The molecule has 3 atom stereocenters. The Balaban J connectivity index is 1.47. The molecule has 126 valence electrons. The van der Waals surface area contributed by atoms with E-state index in [4.69, 9.17) is 4.74 Å². The molecule has 2 N–H and O–H groups in total. The molecule has 1 aromatic rings. The van der Waals surface area contributed by atoms with Crippen LogP contribution >= 0.6 is 0 Å². The van der Waals surface area contributed by atoms with Crippen LogP contribution in [0.4, 0.5) is 0 Å². The number of nitrogens with zero attached hydrogens (tertiary/aromatic N) is 2. The summed E-state index contributed by atoms with van der Waals surface area (Å²) in [5.74, 6) is 0.445. The molecule has 0 bridgehead atoms. The van der Waals surface area contributed by atoms with Crippen LogP contribution in [-0.2, 0) is 16.1 Å². The lowest BCUT2D eigenvalue weighted by atomic mass is 9.93. The average molecular weight is 318 g/mol. The number of hydrogen-bond donors (Lipinski definition) is 2. The molecule has 2 saturated heterocycles. The summed E-state index contributed by atoms with van der Waals surface area (Å²) in [7, 11) is 0. The molecular weight excluding hydrogens is 292 g/mol. The van der Waals surface area contributed by atoms with E-state index in [1.54, 1.807) is 0 Å². The molecule has 0 spiro atoms. The molecule has 0 saturated carbocycles. The van der Waals surface area contributed by atoms with E-state index in [1.807, 2.05) is 18.3 Å². The molecule has 23 heavy (non-hydrogen) atoms. The van der Waals surface area contributed by atoms with Crippen molar-refractivity contribution < 1.29 is 9.53 Å². The third-order valence-electron chi connectivity index (χ3n) is 4.65. The minimum absolute atomic E-state index is 0.0206. The van der Waals surface area contributed by atoms with Gasteiger partial charge in [-0.25, -0.2) is 0 Å². The maximum absolute atomic E-state index is 12.3. The molecule has 6 nitrogen and oxygen atoms in total. The number of hydrogen-bond acceptors (Lipinski definition) is 5. The average Bonchev–Trinajstić information content (AvgIpc) is 2.59. The fourth-order valence-electron chi connectivity index (χ4n) is 3.32. The Kier molecular flexibility index (Phi) is 5.59. The summed E-state index contributed by atoms with van der Waals surface area (Å²) in [5.41, 5.74) is 1.10. The molecule has 3 heterocycles. The molecule has 0 aromatic carbocycles. The number of ether oxygens (including phenoxy) is 1. The van der Waals surface area contributed by atoms with Gasteiger partial charge in [0, 0.05) is 45.0 Å². The minimum Gasteiger partial charge on any atom is -0.366 e. The van der Waals surface area contributed by atoms with Crippen molar-refractivity contribution in [3.63, 3.8) is 0 Å². The van der Waals surface area contributed by atoms with E-state index >= 15 is 0 Å². The molecule has 0 radical (unpaired) electrons. The fourth-order valence-corrected chi connectivity index (χ4v) is 3.32. The lowest BCUT2D eigenvalue weighted by molar-refractivity contribution is -0.135. The maximum Gasteiger partial charge on any atom is 0.250 e. The first-order valence-electron chi connectivity index (χ1n) is 8.47. The van der Waals surface area contributed by atoms with Crippen molar-refractivity contribution in [2.24, 2.45) is 5.92 Å². The molecular formula is C17H26N4O2. The molecule has 2 aliphatic rings. The lowest BCUT2D eigenvalue weighted by Gasteiger charge is -2.37. The van der Waals surface area contributed by atoms with E-state index in [-0.39, 0.29) is 18.1 Å². The molecule has 2 fully saturated rings. The zero-order chi connectivity index (χ0) is 16.1. The van der Waals surface area contributed by atoms with Crippen molar-refractivity contribution in [3.05, 3.63) is 30.1 Å². The lowest BCUT2D eigenvalue weighted by Crippen LogP contribution is -2.55. The van der Waals surface area contributed by atoms with Gasteiger partial charge in [-0.1, -0.05) is 13.0 Å². The molecule has 6 heteroatoms. The van der Waals surface area contributed by atoms with Crippen LogP contribution in [0.1, 0.15) is 19.0 Å². The van der Waals surface area contributed by atoms with Crippen LogP contribution in [0.5, 0.6) is 0 Å². The van der Waals surface area contributed by atoms with Crippen molar-refractivity contribution in [2.45, 2.75) is 32.0 Å². The van der Waals surface area contributed by atoms with Crippen LogP contribution in [0.3, 0.4) is 0 Å². The van der Waals surface area contributed by atoms with Gasteiger partial charge in [-0.2, -0.15) is 0 Å². The maximum atomic E-state index is 12.3. The number of likely N-dealkylation sites (tertiary alicyclic amines) is 1. The van der Waals surface area contributed by atoms with Gasteiger partial charge >= 0.3 is 0 Å². The third kappa shape index (κ3) is 4.50. The van der Waals surface area contributed by atoms with Gasteiger partial charge in [0.15, 0.2) is 0 Å². The zero-order valence-electron chi connectivity index (χ0n) is 13.7. The number of nitrogens with one attached hydrogen (secondary N) is 2. The summed E-state index contributed by atoms with van der Waals surface area (Å²) in [6.07, 6.45) is 2.46. The number of carbonyl (C=O) groups excluding carboxylic acids is 1. The van der Waals surface area contributed by atoms with E-state index in [2.05, 4.69) is 33.5 Å². The third-order valence-corrected chi connectivity index (χ3v) is 4.65. The number of rotatable bonds is 4. The summed E-state index contributed by atoms with van der Waals surface area (Å²) >= 11 is 0. The van der Waals surface area contributed by atoms with Crippen LogP contribution in [-0.4, -0.2) is 60.7 Å². The van der Waals surface area contributed by atoms with Gasteiger partial charge in [0.2, 0.25) is 0 Å². The van der Waals surface area contributed by atoms with Gasteiger partial charge < -0.3 is 15.4 Å². The first-order chi connectivity index (χ1) is 11.2. The summed E-state index contributed by atoms with van der Waals surface area (Å²) in [6.45, 7) is 7.08. The highest BCUT2D eigenvalue weighted by Crippen LogP contribution is 2.18. The standard InChI is InChI=1S/C17H26N4O2/c1-13-11-21(12-14-4-2-3-6-19-14)8-5-15(13)20-17(22)16-10-18-7-9-23-16/h2-4,6,13,15-16,18H,5,7-12H2,1H3,(H,20,22). The number of piperidine rings is 1. The smallest absolute Gasteiger partial charge is 0.250 e. The van der Waals surface area contributed by atoms with Crippen LogP contribution in [0.25, 0.3) is 0 Å². The van der Waals surface area contributed by atoms with E-state index in [9.17, 15) is 4.79 Å². The van der Waals surface area contributed by atoms with Gasteiger partial charge in [0.05, 0.1) is 12.3 Å². The monoisotopic (exact) mass is 318 g/mol. The molecule has 1 amide bonds. The Morgan fingerprint density at radius 2 is 2.43 bits per heavy atom. The summed E-state index contributed by atoms with van der Waals surface area (Å²) in [6, 6.07) is 6.26. The topological polar surface area (TPSA) is 66.5 Å². The van der Waals surface area contributed by atoms with E-state index in [1.165, 1.54) is 0 Å². The highest BCUT2D eigenvalue weighted by atomic mass is 16.5. The number of morpholine rings is 1. The summed E-state index contributed by atoms with van der Waals surface area (Å²) in [4.78, 5) is 19.1. The van der Waals surface area contributed by atoms with E-state index in [0.29, 0.717) is 19.1 Å². The molecule has 2 aliphatic heterocycles. The quantitative estimate of drug-likeness (QED) is 0.841. The second-order valence-electron chi connectivity index (χ2n) is 6.50. The van der Waals surface area contributed by atoms with Gasteiger partial charge in [0.25, 0.3) is 5.91 Å². The summed E-state index contributed by atoms with van der Waals surface area (Å²) in [5, 5.41) is 6.37. The van der Waals surface area contributed by atoms with Crippen molar-refractivity contribution in [1.82, 2.24) is 20.5 Å². The zero-order valence-corrected chi connectivity index (χ0v) is 13.7. The Morgan fingerprint density at radius 3 is 3.13 bits per heavy atom. The number of amides is 1. The molecule has 3 unspecified atom stereocenters. The van der Waals surface area contributed by atoms with Gasteiger partial charge in [-0.15, -0.1) is 0 Å². The van der Waals surface area contributed by atoms with Crippen LogP contribution < -0.4 is 10.6 Å². The first-order valence-corrected chi connectivity index (χ1v) is 8.47. The molecule has 3 rings (SSSR count). The Morgan fingerprint density at radius 1 is 1.52 bits per heavy atom. The largest absolute Gasteiger partial charge is 0.366 e. The van der Waals surface area contributed by atoms with Crippen molar-refractivity contribution in [2.75, 3.05) is 32.8 Å². The number of pyridine rings is 1. The van der Waals surface area contributed by atoms with Crippen LogP contribution in [0.2, 0.25) is 0 Å². The highest BCUT2D eigenvalue weighted by molar-refractivity contribution is 5.81. The van der Waals surface area contributed by atoms with Crippen molar-refractivity contribution >= 4 is 5.91 Å². The molecule has 0 aliphatic carbocycles.